The van der Waals surface area contributed by atoms with Crippen LogP contribution in [0.5, 0.6) is 0 Å². The summed E-state index contributed by atoms with van der Waals surface area (Å²) in [6.45, 7) is 0. The Labute approximate surface area is 198 Å². The Morgan fingerprint density at radius 2 is 1.53 bits per heavy atom. The van der Waals surface area contributed by atoms with Crippen molar-refractivity contribution in [1.82, 2.24) is 0 Å². The van der Waals surface area contributed by atoms with Crippen molar-refractivity contribution < 1.29 is 27.6 Å². The number of hydrogen-bond donors (Lipinski definition) is 0. The molecule has 2 fully saturated rings. The van der Waals surface area contributed by atoms with Crippen LogP contribution in [0.4, 0.5) is 24.5 Å². The normalized spacial score (nSPS) is 22.4. The van der Waals surface area contributed by atoms with E-state index in [1.165, 1.54) is 12.1 Å². The molecule has 3 atom stereocenters. The van der Waals surface area contributed by atoms with Gasteiger partial charge < -0.3 is 0 Å². The summed E-state index contributed by atoms with van der Waals surface area (Å²) in [6, 6.07) is 20.3. The van der Waals surface area contributed by atoms with Crippen LogP contribution in [0.3, 0.4) is 0 Å². The lowest BCUT2D eigenvalue weighted by Crippen LogP contribution is -2.37. The Bertz CT molecular complexity index is 1230. The number of nitrogens with zero attached hydrogens (tertiary/aromatic N) is 2. The lowest BCUT2D eigenvalue weighted by atomic mass is 9.90. The van der Waals surface area contributed by atoms with Crippen molar-refractivity contribution in [3.8, 4) is 0 Å². The third-order valence-electron chi connectivity index (χ3n) is 6.02. The van der Waals surface area contributed by atoms with Gasteiger partial charge >= 0.3 is 6.18 Å². The zero-order valence-electron chi connectivity index (χ0n) is 17.9. The second-order valence-corrected chi connectivity index (χ2v) is 8.87. The summed E-state index contributed by atoms with van der Waals surface area (Å²) in [4.78, 5) is 34.7. The second kappa shape index (κ2) is 8.48. The average Bonchev–Trinajstić information content (AvgIpc) is 3.35. The Morgan fingerprint density at radius 1 is 0.853 bits per heavy atom. The number of thioether (sulfide) groups is 1. The summed E-state index contributed by atoms with van der Waals surface area (Å²) in [7, 11) is 0. The molecule has 2 aliphatic rings. The number of alkyl halides is 3. The van der Waals surface area contributed by atoms with Crippen LogP contribution in [0.1, 0.15) is 17.2 Å². The predicted octanol–water partition coefficient (Wildman–Crippen LogP) is 5.48. The largest absolute Gasteiger partial charge is 0.416 e. The van der Waals surface area contributed by atoms with Crippen molar-refractivity contribution in [3.05, 3.63) is 90.0 Å². The third-order valence-corrected chi connectivity index (χ3v) is 6.76. The first-order valence-corrected chi connectivity index (χ1v) is 11.7. The van der Waals surface area contributed by atoms with E-state index in [1.54, 1.807) is 16.8 Å². The van der Waals surface area contributed by atoms with Gasteiger partial charge in [-0.25, -0.2) is 9.96 Å². The molecule has 5 nitrogen and oxygen atoms in total. The quantitative estimate of drug-likeness (QED) is 0.363. The fourth-order valence-corrected chi connectivity index (χ4v) is 4.84. The highest BCUT2D eigenvalue weighted by molar-refractivity contribution is 7.98. The van der Waals surface area contributed by atoms with Crippen molar-refractivity contribution in [3.63, 3.8) is 0 Å². The second-order valence-electron chi connectivity index (χ2n) is 7.99. The number of anilines is 2. The van der Waals surface area contributed by atoms with Crippen molar-refractivity contribution in [2.45, 2.75) is 23.2 Å². The lowest BCUT2D eigenvalue weighted by molar-refractivity contribution is -0.137. The first-order chi connectivity index (χ1) is 16.3. The zero-order chi connectivity index (χ0) is 24.0. The fraction of sp³-hybridized carbons (Fsp3) is 0.200. The number of amides is 2. The summed E-state index contributed by atoms with van der Waals surface area (Å²) in [6.07, 6.45) is -3.79. The number of hydrogen-bond acceptors (Lipinski definition) is 5. The molecule has 0 N–H and O–H groups in total. The predicted molar refractivity (Wildman–Crippen MR) is 122 cm³/mol. The number of imide groups is 1. The smallest absolute Gasteiger partial charge is 0.273 e. The van der Waals surface area contributed by atoms with Crippen LogP contribution in [-0.4, -0.2) is 24.2 Å². The summed E-state index contributed by atoms with van der Waals surface area (Å²) in [5.74, 6) is -2.19. The number of carbonyl (C=O) groups is 2. The van der Waals surface area contributed by atoms with Crippen LogP contribution < -0.4 is 9.96 Å². The molecule has 2 aliphatic heterocycles. The van der Waals surface area contributed by atoms with Crippen molar-refractivity contribution in [1.29, 1.82) is 0 Å². The molecule has 2 amide bonds. The van der Waals surface area contributed by atoms with Gasteiger partial charge in [-0.1, -0.05) is 36.4 Å². The number of benzene rings is 3. The van der Waals surface area contributed by atoms with Crippen molar-refractivity contribution in [2.75, 3.05) is 16.2 Å². The van der Waals surface area contributed by atoms with Gasteiger partial charge in [0.2, 0.25) is 5.91 Å². The molecule has 0 radical (unpaired) electrons. The van der Waals surface area contributed by atoms with E-state index in [9.17, 15) is 22.8 Å². The molecule has 5 rings (SSSR count). The van der Waals surface area contributed by atoms with Crippen LogP contribution in [0.25, 0.3) is 0 Å². The van der Waals surface area contributed by atoms with Gasteiger partial charge in [0.1, 0.15) is 5.92 Å². The van der Waals surface area contributed by atoms with Gasteiger partial charge in [-0.3, -0.25) is 14.4 Å². The van der Waals surface area contributed by atoms with E-state index in [0.29, 0.717) is 5.69 Å². The highest BCUT2D eigenvalue weighted by atomic mass is 32.2. The van der Waals surface area contributed by atoms with Gasteiger partial charge in [0.05, 0.1) is 23.0 Å². The zero-order valence-corrected chi connectivity index (χ0v) is 18.7. The molecule has 3 aromatic carbocycles. The maximum atomic E-state index is 13.6. The Hall–Kier alpha value is -3.30. The number of hydroxylamine groups is 1. The molecule has 0 unspecified atom stereocenters. The molecule has 0 spiro atoms. The minimum atomic E-state index is -4.60. The molecule has 0 saturated carbocycles. The topological polar surface area (TPSA) is 49.9 Å². The molecule has 9 heteroatoms. The summed E-state index contributed by atoms with van der Waals surface area (Å²) < 4.78 is 39.7. The highest BCUT2D eigenvalue weighted by Gasteiger charge is 2.60. The van der Waals surface area contributed by atoms with Crippen LogP contribution in [0.2, 0.25) is 0 Å². The summed E-state index contributed by atoms with van der Waals surface area (Å²) >= 11 is 1.57. The monoisotopic (exact) mass is 484 g/mol. The van der Waals surface area contributed by atoms with Gasteiger partial charge in [0.25, 0.3) is 5.91 Å². The van der Waals surface area contributed by atoms with Gasteiger partial charge in [-0.05, 0) is 54.3 Å². The van der Waals surface area contributed by atoms with Crippen molar-refractivity contribution >= 4 is 35.0 Å². The molecular weight excluding hydrogens is 465 g/mol. The molecule has 2 saturated heterocycles. The molecular formula is C25H19F3N2O3S. The third kappa shape index (κ3) is 3.74. The fourth-order valence-electron chi connectivity index (χ4n) is 4.43. The summed E-state index contributed by atoms with van der Waals surface area (Å²) in [5.41, 5.74) is 0.382. The standard InChI is InChI=1S/C25H19F3N2O3S/c1-34-19-12-10-15(11-13-19)21-20-22(33-30(21)17-7-3-2-4-8-17)24(32)29(23(20)31)18-9-5-6-16(14-18)25(26,27)28/h2-14,20-22H,1H3/t20-,21-,22-/m1/s1. The molecule has 0 bridgehead atoms. The van der Waals surface area contributed by atoms with Gasteiger partial charge in [0, 0.05) is 4.90 Å². The highest BCUT2D eigenvalue weighted by Crippen LogP contribution is 2.48. The Balaban J connectivity index is 1.56. The molecule has 174 valence electrons. The number of carbonyl (C=O) groups excluding carboxylic acids is 2. The number of halogens is 3. The van der Waals surface area contributed by atoms with E-state index in [-0.39, 0.29) is 5.69 Å². The van der Waals surface area contributed by atoms with Crippen LogP contribution >= 0.6 is 11.8 Å². The van der Waals surface area contributed by atoms with Gasteiger partial charge in [-0.2, -0.15) is 13.2 Å². The SMILES string of the molecule is CSc1ccc([C@@H]2[C@H]3C(=O)N(c4cccc(C(F)(F)F)c4)C(=O)[C@@H]3ON2c2ccccc2)cc1. The van der Waals surface area contributed by atoms with Gasteiger partial charge in [-0.15, -0.1) is 11.8 Å². The minimum absolute atomic E-state index is 0.120. The minimum Gasteiger partial charge on any atom is -0.273 e. The van der Waals surface area contributed by atoms with Gasteiger partial charge in [0.15, 0.2) is 6.10 Å². The maximum absolute atomic E-state index is 13.6. The number of para-hydroxylation sites is 1. The molecule has 2 heterocycles. The number of rotatable bonds is 4. The Morgan fingerprint density at radius 3 is 2.18 bits per heavy atom. The van der Waals surface area contributed by atoms with Crippen LogP contribution in [0.15, 0.2) is 83.8 Å². The van der Waals surface area contributed by atoms with E-state index in [0.717, 1.165) is 27.5 Å². The molecule has 0 aromatic heterocycles. The Kier molecular flexibility index (Phi) is 5.61. The molecule has 34 heavy (non-hydrogen) atoms. The van der Waals surface area contributed by atoms with E-state index in [2.05, 4.69) is 0 Å². The van der Waals surface area contributed by atoms with E-state index < -0.39 is 41.6 Å². The summed E-state index contributed by atoms with van der Waals surface area (Å²) in [5, 5.41) is 1.56. The molecule has 0 aliphatic carbocycles. The van der Waals surface area contributed by atoms with Crippen molar-refractivity contribution in [2.24, 2.45) is 5.92 Å². The average molecular weight is 484 g/mol. The lowest BCUT2D eigenvalue weighted by Gasteiger charge is -2.29. The first kappa shape index (κ1) is 22.5. The van der Waals surface area contributed by atoms with Crippen LogP contribution in [-0.2, 0) is 20.6 Å². The van der Waals surface area contributed by atoms with E-state index >= 15 is 0 Å². The van der Waals surface area contributed by atoms with Crippen LogP contribution in [0, 0.1) is 5.92 Å². The molecule has 3 aromatic rings. The van der Waals surface area contributed by atoms with E-state index in [1.807, 2.05) is 60.9 Å². The number of fused-ring (bicyclic) bond motifs is 1. The van der Waals surface area contributed by atoms with E-state index in [4.69, 9.17) is 4.84 Å². The maximum Gasteiger partial charge on any atom is 0.416 e. The first-order valence-electron chi connectivity index (χ1n) is 10.5.